The van der Waals surface area contributed by atoms with E-state index in [9.17, 15) is 4.39 Å². The SMILES string of the molecule is CC1=CC=C[C@H](F)C1. The molecular weight excluding hydrogens is 103 g/mol. The van der Waals surface area contributed by atoms with E-state index in [-0.39, 0.29) is 0 Å². The van der Waals surface area contributed by atoms with Gasteiger partial charge in [-0.3, -0.25) is 0 Å². The average Bonchev–Trinajstić information content (AvgIpc) is 1.64. The van der Waals surface area contributed by atoms with Gasteiger partial charge in [0.2, 0.25) is 0 Å². The van der Waals surface area contributed by atoms with E-state index in [0.29, 0.717) is 6.42 Å². The fourth-order valence-corrected chi connectivity index (χ4v) is 0.784. The molecule has 0 unspecified atom stereocenters. The van der Waals surface area contributed by atoms with E-state index in [2.05, 4.69) is 0 Å². The highest BCUT2D eigenvalue weighted by molar-refractivity contribution is 5.18. The van der Waals surface area contributed by atoms with Crippen LogP contribution in [0.15, 0.2) is 23.8 Å². The Morgan fingerprint density at radius 1 is 1.75 bits per heavy atom. The first-order valence-corrected chi connectivity index (χ1v) is 2.77. The summed E-state index contributed by atoms with van der Waals surface area (Å²) in [7, 11) is 0. The van der Waals surface area contributed by atoms with Crippen LogP contribution in [-0.4, -0.2) is 6.17 Å². The van der Waals surface area contributed by atoms with Crippen molar-refractivity contribution in [3.63, 3.8) is 0 Å². The molecular formula is C7H9F. The fourth-order valence-electron chi connectivity index (χ4n) is 0.784. The van der Waals surface area contributed by atoms with Crippen LogP contribution in [0.3, 0.4) is 0 Å². The number of hydrogen-bond acceptors (Lipinski definition) is 0. The van der Waals surface area contributed by atoms with Gasteiger partial charge in [0.1, 0.15) is 6.17 Å². The van der Waals surface area contributed by atoms with E-state index in [1.165, 1.54) is 0 Å². The van der Waals surface area contributed by atoms with Crippen molar-refractivity contribution in [1.29, 1.82) is 0 Å². The van der Waals surface area contributed by atoms with Crippen molar-refractivity contribution >= 4 is 0 Å². The third kappa shape index (κ3) is 1.19. The van der Waals surface area contributed by atoms with Gasteiger partial charge in [0.25, 0.3) is 0 Å². The molecule has 0 amide bonds. The lowest BCUT2D eigenvalue weighted by molar-refractivity contribution is 0.395. The van der Waals surface area contributed by atoms with Crippen LogP contribution in [0.4, 0.5) is 4.39 Å². The molecule has 8 heavy (non-hydrogen) atoms. The summed E-state index contributed by atoms with van der Waals surface area (Å²) in [5.41, 5.74) is 1.13. The monoisotopic (exact) mass is 112 g/mol. The summed E-state index contributed by atoms with van der Waals surface area (Å²) in [5.74, 6) is 0. The summed E-state index contributed by atoms with van der Waals surface area (Å²) in [5, 5.41) is 0. The summed E-state index contributed by atoms with van der Waals surface area (Å²) in [6.07, 6.45) is 5.13. The first-order valence-electron chi connectivity index (χ1n) is 2.77. The summed E-state index contributed by atoms with van der Waals surface area (Å²) in [6, 6.07) is 0. The molecule has 1 atom stereocenters. The lowest BCUT2D eigenvalue weighted by Crippen LogP contribution is -1.98. The molecule has 0 nitrogen and oxygen atoms in total. The van der Waals surface area contributed by atoms with Crippen molar-refractivity contribution < 1.29 is 4.39 Å². The van der Waals surface area contributed by atoms with E-state index in [1.807, 2.05) is 13.0 Å². The molecule has 0 N–H and O–H groups in total. The molecule has 0 aromatic carbocycles. The maximum atomic E-state index is 12.3. The fraction of sp³-hybridized carbons (Fsp3) is 0.429. The molecule has 1 aliphatic rings. The smallest absolute Gasteiger partial charge is 0.122 e. The number of halogens is 1. The summed E-state index contributed by atoms with van der Waals surface area (Å²) < 4.78 is 12.3. The highest BCUT2D eigenvalue weighted by atomic mass is 19.1. The first kappa shape index (κ1) is 5.54. The van der Waals surface area contributed by atoms with Gasteiger partial charge in [-0.2, -0.15) is 0 Å². The van der Waals surface area contributed by atoms with E-state index < -0.39 is 6.17 Å². The topological polar surface area (TPSA) is 0 Å². The Hall–Kier alpha value is -0.590. The average molecular weight is 112 g/mol. The molecule has 0 saturated carbocycles. The van der Waals surface area contributed by atoms with Gasteiger partial charge in [-0.1, -0.05) is 23.8 Å². The zero-order valence-corrected chi connectivity index (χ0v) is 4.89. The molecule has 1 rings (SSSR count). The van der Waals surface area contributed by atoms with Crippen molar-refractivity contribution in [2.75, 3.05) is 0 Å². The summed E-state index contributed by atoms with van der Waals surface area (Å²) in [6.45, 7) is 1.94. The van der Waals surface area contributed by atoms with Gasteiger partial charge in [-0.25, -0.2) is 4.39 Å². The maximum Gasteiger partial charge on any atom is 0.122 e. The second kappa shape index (κ2) is 2.12. The van der Waals surface area contributed by atoms with E-state index in [4.69, 9.17) is 0 Å². The van der Waals surface area contributed by atoms with E-state index in [0.717, 1.165) is 5.57 Å². The molecule has 0 aromatic rings. The Morgan fingerprint density at radius 2 is 2.50 bits per heavy atom. The Bertz CT molecular complexity index is 133. The molecule has 0 aliphatic heterocycles. The van der Waals surface area contributed by atoms with Crippen LogP contribution >= 0.6 is 0 Å². The Morgan fingerprint density at radius 3 is 2.88 bits per heavy atom. The minimum Gasteiger partial charge on any atom is -0.243 e. The molecule has 0 saturated heterocycles. The lowest BCUT2D eigenvalue weighted by atomic mass is 10.1. The van der Waals surface area contributed by atoms with Crippen LogP contribution in [0.5, 0.6) is 0 Å². The van der Waals surface area contributed by atoms with Gasteiger partial charge in [0, 0.05) is 6.42 Å². The predicted molar refractivity (Wildman–Crippen MR) is 32.4 cm³/mol. The first-order chi connectivity index (χ1) is 3.79. The normalized spacial score (nSPS) is 27.8. The number of allylic oxidation sites excluding steroid dienone is 4. The van der Waals surface area contributed by atoms with Gasteiger partial charge >= 0.3 is 0 Å². The minimum atomic E-state index is -0.736. The van der Waals surface area contributed by atoms with Crippen molar-refractivity contribution in [2.24, 2.45) is 0 Å². The standard InChI is InChI=1S/C7H9F/c1-6-3-2-4-7(8)5-6/h2-4,7H,5H2,1H3/t7-/m0/s1. The number of alkyl halides is 1. The van der Waals surface area contributed by atoms with Gasteiger partial charge in [-0.15, -0.1) is 0 Å². The second-order valence-electron chi connectivity index (χ2n) is 2.12. The minimum absolute atomic E-state index is 0.580. The van der Waals surface area contributed by atoms with Crippen molar-refractivity contribution in [3.8, 4) is 0 Å². The van der Waals surface area contributed by atoms with Crippen molar-refractivity contribution in [1.82, 2.24) is 0 Å². The maximum absolute atomic E-state index is 12.3. The molecule has 0 bridgehead atoms. The van der Waals surface area contributed by atoms with Crippen LogP contribution < -0.4 is 0 Å². The van der Waals surface area contributed by atoms with Gasteiger partial charge < -0.3 is 0 Å². The molecule has 0 spiro atoms. The Kier molecular flexibility index (Phi) is 1.47. The number of hydrogen-bond donors (Lipinski definition) is 0. The van der Waals surface area contributed by atoms with Crippen LogP contribution in [0.25, 0.3) is 0 Å². The largest absolute Gasteiger partial charge is 0.243 e. The van der Waals surface area contributed by atoms with Crippen LogP contribution in [0, 0.1) is 0 Å². The van der Waals surface area contributed by atoms with Crippen LogP contribution in [0.2, 0.25) is 0 Å². The highest BCUT2D eigenvalue weighted by Crippen LogP contribution is 2.13. The Balaban J connectivity index is 2.59. The lowest BCUT2D eigenvalue weighted by Gasteiger charge is -2.05. The molecule has 0 heterocycles. The molecule has 0 aromatic heterocycles. The van der Waals surface area contributed by atoms with Crippen LogP contribution in [-0.2, 0) is 0 Å². The molecule has 1 heteroatoms. The zero-order chi connectivity index (χ0) is 5.98. The summed E-state index contributed by atoms with van der Waals surface area (Å²) in [4.78, 5) is 0. The second-order valence-corrected chi connectivity index (χ2v) is 2.12. The molecule has 0 fully saturated rings. The van der Waals surface area contributed by atoms with Gasteiger partial charge in [-0.05, 0) is 6.92 Å². The molecule has 44 valence electrons. The Labute approximate surface area is 48.7 Å². The molecule has 1 aliphatic carbocycles. The highest BCUT2D eigenvalue weighted by Gasteiger charge is 2.04. The van der Waals surface area contributed by atoms with Gasteiger partial charge in [0.05, 0.1) is 0 Å². The zero-order valence-electron chi connectivity index (χ0n) is 4.89. The number of rotatable bonds is 0. The summed E-state index contributed by atoms with van der Waals surface area (Å²) >= 11 is 0. The third-order valence-electron chi connectivity index (χ3n) is 1.22. The molecule has 0 radical (unpaired) electrons. The third-order valence-corrected chi connectivity index (χ3v) is 1.22. The van der Waals surface area contributed by atoms with Crippen molar-refractivity contribution in [3.05, 3.63) is 23.8 Å². The quantitative estimate of drug-likeness (QED) is 0.450. The van der Waals surface area contributed by atoms with E-state index >= 15 is 0 Å². The van der Waals surface area contributed by atoms with E-state index in [1.54, 1.807) is 12.2 Å². The van der Waals surface area contributed by atoms with Gasteiger partial charge in [0.15, 0.2) is 0 Å². The van der Waals surface area contributed by atoms with Crippen LogP contribution in [0.1, 0.15) is 13.3 Å². The predicted octanol–water partition coefficient (Wildman–Crippen LogP) is 2.23. The van der Waals surface area contributed by atoms with Crippen molar-refractivity contribution in [2.45, 2.75) is 19.5 Å².